The molecule has 0 aromatic rings. The Morgan fingerprint density at radius 3 is 1.64 bits per heavy atom. The average molecular weight is 662 g/mol. The number of rotatable bonds is 32. The van der Waals surface area contributed by atoms with Crippen molar-refractivity contribution in [2.24, 2.45) is 0 Å². The third-order valence-corrected chi connectivity index (χ3v) is 8.50. The van der Waals surface area contributed by atoms with Gasteiger partial charge in [-0.1, -0.05) is 109 Å². The predicted molar refractivity (Wildman–Crippen MR) is 181 cm³/mol. The molecule has 0 heterocycles. The van der Waals surface area contributed by atoms with Crippen LogP contribution in [0.4, 0.5) is 0 Å². The lowest BCUT2D eigenvalue weighted by molar-refractivity contribution is -0.870. The van der Waals surface area contributed by atoms with Crippen LogP contribution in [0.3, 0.4) is 0 Å². The Morgan fingerprint density at radius 2 is 1.13 bits per heavy atom. The summed E-state index contributed by atoms with van der Waals surface area (Å²) < 4.78 is 33.6. The summed E-state index contributed by atoms with van der Waals surface area (Å²) in [5.41, 5.74) is 0. The van der Waals surface area contributed by atoms with Gasteiger partial charge in [0, 0.05) is 12.8 Å². The van der Waals surface area contributed by atoms with Crippen LogP contribution in [0.5, 0.6) is 0 Å². The normalized spacial score (nSPS) is 14.0. The highest BCUT2D eigenvalue weighted by molar-refractivity contribution is 7.45. The molecule has 0 rings (SSSR count). The predicted octanol–water partition coefficient (Wildman–Crippen LogP) is 8.44. The highest BCUT2D eigenvalue weighted by atomic mass is 31.2. The van der Waals surface area contributed by atoms with E-state index in [1.54, 1.807) is 0 Å². The number of phosphoric ester groups is 1. The van der Waals surface area contributed by atoms with Crippen molar-refractivity contribution in [1.82, 2.24) is 0 Å². The van der Waals surface area contributed by atoms with E-state index in [9.17, 15) is 19.0 Å². The molecular weight excluding hydrogens is 593 g/mol. The number of carbonyl (C=O) groups excluding carboxylic acids is 2. The van der Waals surface area contributed by atoms with E-state index < -0.39 is 32.5 Å². The van der Waals surface area contributed by atoms with Crippen LogP contribution in [0.2, 0.25) is 0 Å². The largest absolute Gasteiger partial charge is 0.756 e. The second kappa shape index (κ2) is 28.9. The molecule has 266 valence electrons. The minimum atomic E-state index is -4.61. The zero-order valence-corrected chi connectivity index (χ0v) is 30.5. The van der Waals surface area contributed by atoms with Crippen LogP contribution in [0.1, 0.15) is 149 Å². The number of nitrogens with zero attached hydrogens (tertiary/aromatic N) is 1. The topological polar surface area (TPSA) is 111 Å². The lowest BCUT2D eigenvalue weighted by atomic mass is 10.1. The molecule has 0 aliphatic rings. The van der Waals surface area contributed by atoms with Gasteiger partial charge in [-0.3, -0.25) is 14.2 Å². The van der Waals surface area contributed by atoms with Gasteiger partial charge < -0.3 is 27.9 Å². The molecule has 0 saturated carbocycles. The van der Waals surface area contributed by atoms with Gasteiger partial charge in [0.2, 0.25) is 0 Å². The van der Waals surface area contributed by atoms with Crippen molar-refractivity contribution in [2.75, 3.05) is 47.5 Å². The summed E-state index contributed by atoms with van der Waals surface area (Å²) in [6, 6.07) is 0. The Labute approximate surface area is 276 Å². The molecule has 9 nitrogen and oxygen atoms in total. The van der Waals surface area contributed by atoms with Gasteiger partial charge in [0.15, 0.2) is 6.10 Å². The second-order valence-corrected chi connectivity index (χ2v) is 14.6. The number of esters is 2. The summed E-state index contributed by atoms with van der Waals surface area (Å²) >= 11 is 0. The number of likely N-dealkylation sites (N-methyl/N-ethyl adjacent to an activating group) is 1. The molecule has 0 aliphatic carbocycles. The van der Waals surface area contributed by atoms with E-state index in [1.807, 2.05) is 21.1 Å². The number of quaternary nitrogens is 1. The third-order valence-electron chi connectivity index (χ3n) is 7.54. The van der Waals surface area contributed by atoms with Crippen molar-refractivity contribution in [3.05, 3.63) is 12.2 Å². The summed E-state index contributed by atoms with van der Waals surface area (Å²) in [4.78, 5) is 37.1. The van der Waals surface area contributed by atoms with Crippen LogP contribution in [0.15, 0.2) is 12.2 Å². The van der Waals surface area contributed by atoms with Gasteiger partial charge in [0.05, 0.1) is 27.7 Å². The number of phosphoric acid groups is 1. The summed E-state index contributed by atoms with van der Waals surface area (Å²) in [5.74, 6) is -0.851. The minimum Gasteiger partial charge on any atom is -0.756 e. The highest BCUT2D eigenvalue weighted by Gasteiger charge is 2.21. The van der Waals surface area contributed by atoms with E-state index >= 15 is 0 Å². The number of hydrogen-bond acceptors (Lipinski definition) is 8. The quantitative estimate of drug-likeness (QED) is 0.0232. The lowest BCUT2D eigenvalue weighted by Gasteiger charge is -2.28. The zero-order valence-electron chi connectivity index (χ0n) is 29.6. The molecule has 0 N–H and O–H groups in total. The first-order chi connectivity index (χ1) is 21.5. The maximum atomic E-state index is 12.5. The van der Waals surface area contributed by atoms with Gasteiger partial charge in [-0.15, -0.1) is 0 Å². The fourth-order valence-electron chi connectivity index (χ4n) is 4.65. The molecular formula is C35H68NO8P. The van der Waals surface area contributed by atoms with Gasteiger partial charge >= 0.3 is 11.9 Å². The second-order valence-electron chi connectivity index (χ2n) is 13.2. The molecule has 0 bridgehead atoms. The van der Waals surface area contributed by atoms with Crippen molar-refractivity contribution in [3.8, 4) is 0 Å². The van der Waals surface area contributed by atoms with Crippen LogP contribution < -0.4 is 4.89 Å². The first kappa shape index (κ1) is 43.8. The third kappa shape index (κ3) is 32.5. The van der Waals surface area contributed by atoms with E-state index in [0.717, 1.165) is 51.4 Å². The van der Waals surface area contributed by atoms with Gasteiger partial charge in [-0.25, -0.2) is 0 Å². The van der Waals surface area contributed by atoms with Gasteiger partial charge in [0.25, 0.3) is 7.82 Å². The number of unbranched alkanes of at least 4 members (excludes halogenated alkanes) is 16. The van der Waals surface area contributed by atoms with Crippen molar-refractivity contribution in [3.63, 3.8) is 0 Å². The number of allylic oxidation sites excluding steroid dienone is 2. The summed E-state index contributed by atoms with van der Waals surface area (Å²) in [6.07, 6.45) is 25.4. The molecule has 0 aromatic carbocycles. The maximum Gasteiger partial charge on any atom is 0.306 e. The molecule has 0 fully saturated rings. The Hall–Kier alpha value is -1.25. The van der Waals surface area contributed by atoms with Crippen LogP contribution in [0, 0.1) is 0 Å². The SMILES string of the molecule is CCCCCCC/C=C\CCCCCCCC(=O)OC(COC(=O)CCCCCCCCC)COP(=O)([O-])OCC[N+](C)(C)C. The molecule has 45 heavy (non-hydrogen) atoms. The minimum absolute atomic E-state index is 0.0302. The van der Waals surface area contributed by atoms with E-state index in [4.69, 9.17) is 18.5 Å². The van der Waals surface area contributed by atoms with Gasteiger partial charge in [-0.05, 0) is 38.5 Å². The summed E-state index contributed by atoms with van der Waals surface area (Å²) in [5, 5.41) is 0. The van der Waals surface area contributed by atoms with E-state index in [0.29, 0.717) is 17.4 Å². The standard InChI is InChI=1S/C35H68NO8P/c1-6-8-10-12-14-15-16-17-18-19-20-22-24-26-28-35(38)44-33(32-43-45(39,40)42-30-29-36(3,4)5)31-41-34(37)27-25-23-21-13-11-9-7-2/h16-17,33H,6-15,18-32H2,1-5H3/b17-16-. The van der Waals surface area contributed by atoms with Crippen molar-refractivity contribution >= 4 is 19.8 Å². The van der Waals surface area contributed by atoms with Crippen molar-refractivity contribution < 1.29 is 42.1 Å². The monoisotopic (exact) mass is 661 g/mol. The molecule has 2 unspecified atom stereocenters. The number of hydrogen-bond donors (Lipinski definition) is 0. The first-order valence-electron chi connectivity index (χ1n) is 17.9. The number of carbonyl (C=O) groups is 2. The van der Waals surface area contributed by atoms with E-state index in [-0.39, 0.29) is 26.1 Å². The Bertz CT molecular complexity index is 799. The zero-order chi connectivity index (χ0) is 33.7. The summed E-state index contributed by atoms with van der Waals surface area (Å²) in [6.45, 7) is 4.14. The molecule has 0 spiro atoms. The van der Waals surface area contributed by atoms with Crippen molar-refractivity contribution in [2.45, 2.75) is 155 Å². The molecule has 0 saturated heterocycles. The fourth-order valence-corrected chi connectivity index (χ4v) is 5.38. The fraction of sp³-hybridized carbons (Fsp3) is 0.886. The Kier molecular flexibility index (Phi) is 28.1. The van der Waals surface area contributed by atoms with Crippen LogP contribution in [0.25, 0.3) is 0 Å². The summed E-state index contributed by atoms with van der Waals surface area (Å²) in [7, 11) is 1.16. The van der Waals surface area contributed by atoms with Crippen LogP contribution >= 0.6 is 7.82 Å². The average Bonchev–Trinajstić information content (AvgIpc) is 2.97. The lowest BCUT2D eigenvalue weighted by Crippen LogP contribution is -2.37. The smallest absolute Gasteiger partial charge is 0.306 e. The van der Waals surface area contributed by atoms with E-state index in [1.165, 1.54) is 64.2 Å². The van der Waals surface area contributed by atoms with Crippen LogP contribution in [-0.2, 0) is 32.7 Å². The van der Waals surface area contributed by atoms with Gasteiger partial charge in [-0.2, -0.15) is 0 Å². The molecule has 10 heteroatoms. The Balaban J connectivity index is 4.45. The van der Waals surface area contributed by atoms with Crippen LogP contribution in [-0.4, -0.2) is 70.0 Å². The van der Waals surface area contributed by atoms with Gasteiger partial charge in [0.1, 0.15) is 19.8 Å². The highest BCUT2D eigenvalue weighted by Crippen LogP contribution is 2.38. The number of ether oxygens (including phenoxy) is 2. The molecule has 0 radical (unpaired) electrons. The molecule has 2 atom stereocenters. The molecule has 0 amide bonds. The van der Waals surface area contributed by atoms with E-state index in [2.05, 4.69) is 26.0 Å². The first-order valence-corrected chi connectivity index (χ1v) is 19.4. The van der Waals surface area contributed by atoms with Crippen molar-refractivity contribution in [1.29, 1.82) is 0 Å². The molecule has 0 aliphatic heterocycles. The molecule has 0 aromatic heterocycles. The Morgan fingerprint density at radius 1 is 0.667 bits per heavy atom. The maximum absolute atomic E-state index is 12.5.